The molecular weight excluding hydrogens is 358 g/mol. The lowest BCUT2D eigenvalue weighted by Gasteiger charge is -2.07. The quantitative estimate of drug-likeness (QED) is 0.391. The lowest BCUT2D eigenvalue weighted by atomic mass is 10.1. The average molecular weight is 382 g/mol. The Labute approximate surface area is 164 Å². The highest BCUT2D eigenvalue weighted by Crippen LogP contribution is 2.38. The monoisotopic (exact) mass is 381 g/mol. The summed E-state index contributed by atoms with van der Waals surface area (Å²) in [4.78, 5) is 5.97. The SMILES string of the molecule is CCCCCNC(=S)Nc1nc(-c2ccccc2)c(-c2ccccc2)s1. The maximum absolute atomic E-state index is 5.42. The van der Waals surface area contributed by atoms with Crippen molar-refractivity contribution in [3.8, 4) is 21.7 Å². The first kappa shape index (κ1) is 18.5. The molecule has 2 N–H and O–H groups in total. The Hall–Kier alpha value is -2.24. The summed E-state index contributed by atoms with van der Waals surface area (Å²) >= 11 is 7.05. The fourth-order valence-corrected chi connectivity index (χ4v) is 3.93. The largest absolute Gasteiger partial charge is 0.362 e. The highest BCUT2D eigenvalue weighted by molar-refractivity contribution is 7.80. The molecule has 26 heavy (non-hydrogen) atoms. The van der Waals surface area contributed by atoms with Gasteiger partial charge in [-0.3, -0.25) is 0 Å². The molecule has 0 radical (unpaired) electrons. The number of hydrogen-bond acceptors (Lipinski definition) is 3. The molecule has 3 rings (SSSR count). The summed E-state index contributed by atoms with van der Waals surface area (Å²) in [6.45, 7) is 3.09. The Morgan fingerprint density at radius 3 is 2.27 bits per heavy atom. The summed E-state index contributed by atoms with van der Waals surface area (Å²) < 4.78 is 0. The van der Waals surface area contributed by atoms with E-state index in [9.17, 15) is 0 Å². The van der Waals surface area contributed by atoms with Crippen LogP contribution in [0.25, 0.3) is 21.7 Å². The molecule has 1 aromatic heterocycles. The molecule has 0 fully saturated rings. The number of thiazole rings is 1. The second kappa shape index (κ2) is 9.46. The van der Waals surface area contributed by atoms with Crippen LogP contribution in [-0.4, -0.2) is 16.6 Å². The average Bonchev–Trinajstić information content (AvgIpc) is 3.10. The standard InChI is InChI=1S/C21H23N3S2/c1-2-3-10-15-22-20(25)24-21-23-18(16-11-6-4-7-12-16)19(26-21)17-13-8-5-9-14-17/h4-9,11-14H,2-3,10,15H2,1H3,(H2,22,23,24,25). The number of nitrogens with zero attached hydrogens (tertiary/aromatic N) is 1. The van der Waals surface area contributed by atoms with Crippen molar-refractivity contribution in [3.05, 3.63) is 60.7 Å². The molecule has 0 unspecified atom stereocenters. The van der Waals surface area contributed by atoms with Crippen LogP contribution >= 0.6 is 23.6 Å². The molecule has 3 nitrogen and oxygen atoms in total. The summed E-state index contributed by atoms with van der Waals surface area (Å²) in [7, 11) is 0. The molecule has 0 spiro atoms. The highest BCUT2D eigenvalue weighted by atomic mass is 32.1. The second-order valence-electron chi connectivity index (χ2n) is 6.02. The Morgan fingerprint density at radius 2 is 1.62 bits per heavy atom. The molecule has 0 aliphatic carbocycles. The molecule has 0 amide bonds. The van der Waals surface area contributed by atoms with Crippen molar-refractivity contribution in [2.45, 2.75) is 26.2 Å². The van der Waals surface area contributed by atoms with Gasteiger partial charge in [-0.2, -0.15) is 0 Å². The summed E-state index contributed by atoms with van der Waals surface area (Å²) in [6, 6.07) is 20.6. The maximum Gasteiger partial charge on any atom is 0.190 e. The fraction of sp³-hybridized carbons (Fsp3) is 0.238. The number of thiocarbonyl (C=S) groups is 1. The van der Waals surface area contributed by atoms with E-state index >= 15 is 0 Å². The zero-order valence-electron chi connectivity index (χ0n) is 14.9. The van der Waals surface area contributed by atoms with E-state index in [1.54, 1.807) is 11.3 Å². The number of nitrogens with one attached hydrogen (secondary N) is 2. The lowest BCUT2D eigenvalue weighted by molar-refractivity contribution is 0.698. The third-order valence-electron chi connectivity index (χ3n) is 4.00. The number of unbranched alkanes of at least 4 members (excludes halogenated alkanes) is 2. The van der Waals surface area contributed by atoms with Gasteiger partial charge in [0.05, 0.1) is 10.6 Å². The van der Waals surface area contributed by atoms with Crippen molar-refractivity contribution in [1.82, 2.24) is 10.3 Å². The molecule has 0 bridgehead atoms. The van der Waals surface area contributed by atoms with Crippen molar-refractivity contribution in [2.75, 3.05) is 11.9 Å². The van der Waals surface area contributed by atoms with Crippen LogP contribution in [0.5, 0.6) is 0 Å². The first-order valence-corrected chi connectivity index (χ1v) is 10.2. The van der Waals surface area contributed by atoms with Gasteiger partial charge in [-0.15, -0.1) is 0 Å². The summed E-state index contributed by atoms with van der Waals surface area (Å²) in [5, 5.41) is 7.96. The molecule has 5 heteroatoms. The Bertz CT molecular complexity index is 772. The molecule has 0 saturated carbocycles. The first-order chi connectivity index (χ1) is 12.8. The van der Waals surface area contributed by atoms with Crippen LogP contribution in [0.1, 0.15) is 26.2 Å². The smallest absolute Gasteiger partial charge is 0.190 e. The van der Waals surface area contributed by atoms with Gasteiger partial charge in [0.15, 0.2) is 10.2 Å². The Kier molecular flexibility index (Phi) is 6.75. The highest BCUT2D eigenvalue weighted by Gasteiger charge is 2.15. The topological polar surface area (TPSA) is 37.0 Å². The number of anilines is 1. The third kappa shape index (κ3) is 4.90. The summed E-state index contributed by atoms with van der Waals surface area (Å²) in [5.74, 6) is 0. The molecule has 134 valence electrons. The van der Waals surface area contributed by atoms with E-state index in [4.69, 9.17) is 17.2 Å². The van der Waals surface area contributed by atoms with E-state index in [1.807, 2.05) is 24.3 Å². The molecule has 3 aromatic rings. The van der Waals surface area contributed by atoms with Gasteiger partial charge in [-0.1, -0.05) is 91.8 Å². The number of rotatable bonds is 7. The van der Waals surface area contributed by atoms with Gasteiger partial charge in [0, 0.05) is 12.1 Å². The fourth-order valence-electron chi connectivity index (χ4n) is 2.67. The van der Waals surface area contributed by atoms with Crippen molar-refractivity contribution in [1.29, 1.82) is 0 Å². The molecular formula is C21H23N3S2. The Balaban J connectivity index is 1.82. The second-order valence-corrected chi connectivity index (χ2v) is 7.42. The maximum atomic E-state index is 5.42. The summed E-state index contributed by atoms with van der Waals surface area (Å²) in [5.41, 5.74) is 3.26. The van der Waals surface area contributed by atoms with Crippen molar-refractivity contribution >= 4 is 33.8 Å². The molecule has 0 aliphatic rings. The predicted octanol–water partition coefficient (Wildman–Crippen LogP) is 5.95. The van der Waals surface area contributed by atoms with E-state index in [-0.39, 0.29) is 0 Å². The van der Waals surface area contributed by atoms with Gasteiger partial charge in [0.25, 0.3) is 0 Å². The molecule has 0 saturated heterocycles. The Morgan fingerprint density at radius 1 is 0.962 bits per heavy atom. The molecule has 1 heterocycles. The van der Waals surface area contributed by atoms with E-state index < -0.39 is 0 Å². The van der Waals surface area contributed by atoms with E-state index in [2.05, 4.69) is 54.0 Å². The van der Waals surface area contributed by atoms with Gasteiger partial charge in [0.1, 0.15) is 0 Å². The van der Waals surface area contributed by atoms with Gasteiger partial charge in [-0.05, 0) is 24.2 Å². The normalized spacial score (nSPS) is 10.5. The van der Waals surface area contributed by atoms with Crippen LogP contribution < -0.4 is 10.6 Å². The van der Waals surface area contributed by atoms with Crippen LogP contribution in [0.15, 0.2) is 60.7 Å². The lowest BCUT2D eigenvalue weighted by Crippen LogP contribution is -2.29. The first-order valence-electron chi connectivity index (χ1n) is 8.94. The third-order valence-corrected chi connectivity index (χ3v) is 5.26. The van der Waals surface area contributed by atoms with Crippen molar-refractivity contribution in [2.24, 2.45) is 0 Å². The van der Waals surface area contributed by atoms with Crippen LogP contribution in [0, 0.1) is 0 Å². The number of aromatic nitrogens is 1. The molecule has 0 aliphatic heterocycles. The van der Waals surface area contributed by atoms with E-state index in [1.165, 1.54) is 18.4 Å². The van der Waals surface area contributed by atoms with Gasteiger partial charge in [-0.25, -0.2) is 4.98 Å². The zero-order chi connectivity index (χ0) is 18.2. The van der Waals surface area contributed by atoms with Gasteiger partial charge >= 0.3 is 0 Å². The van der Waals surface area contributed by atoms with Crippen LogP contribution in [0.3, 0.4) is 0 Å². The van der Waals surface area contributed by atoms with Crippen LogP contribution in [0.2, 0.25) is 0 Å². The minimum absolute atomic E-state index is 0.633. The minimum Gasteiger partial charge on any atom is -0.362 e. The van der Waals surface area contributed by atoms with E-state index in [0.29, 0.717) is 5.11 Å². The molecule has 2 aromatic carbocycles. The minimum atomic E-state index is 0.633. The van der Waals surface area contributed by atoms with Crippen molar-refractivity contribution < 1.29 is 0 Å². The van der Waals surface area contributed by atoms with Crippen LogP contribution in [0.4, 0.5) is 5.13 Å². The van der Waals surface area contributed by atoms with Crippen LogP contribution in [-0.2, 0) is 0 Å². The summed E-state index contributed by atoms with van der Waals surface area (Å²) in [6.07, 6.45) is 3.54. The van der Waals surface area contributed by atoms with Crippen molar-refractivity contribution in [3.63, 3.8) is 0 Å². The number of benzene rings is 2. The van der Waals surface area contributed by atoms with E-state index in [0.717, 1.165) is 34.2 Å². The van der Waals surface area contributed by atoms with Gasteiger partial charge < -0.3 is 10.6 Å². The van der Waals surface area contributed by atoms with Gasteiger partial charge in [0.2, 0.25) is 0 Å². The zero-order valence-corrected chi connectivity index (χ0v) is 16.5. The number of hydrogen-bond donors (Lipinski definition) is 2. The molecule has 0 atom stereocenters. The predicted molar refractivity (Wildman–Crippen MR) is 117 cm³/mol.